The van der Waals surface area contributed by atoms with Crippen molar-refractivity contribution in [2.24, 2.45) is 11.8 Å². The van der Waals surface area contributed by atoms with E-state index in [4.69, 9.17) is 10.00 Å². The Kier molecular flexibility index (Phi) is 6.96. The Morgan fingerprint density at radius 3 is 2.52 bits per heavy atom. The molecule has 0 unspecified atom stereocenters. The third-order valence-corrected chi connectivity index (χ3v) is 4.82. The molecule has 6 nitrogen and oxygen atoms in total. The maximum atomic E-state index is 12.0. The summed E-state index contributed by atoms with van der Waals surface area (Å²) in [6.07, 6.45) is 3.33. The monoisotopic (exact) mass is 343 g/mol. The van der Waals surface area contributed by atoms with Gasteiger partial charge in [-0.15, -0.1) is 0 Å². The van der Waals surface area contributed by atoms with E-state index in [1.165, 1.54) is 6.42 Å². The van der Waals surface area contributed by atoms with E-state index >= 15 is 0 Å². The van der Waals surface area contributed by atoms with Gasteiger partial charge in [0.2, 0.25) is 11.8 Å². The molecule has 1 aromatic rings. The van der Waals surface area contributed by atoms with Crippen LogP contribution >= 0.6 is 0 Å². The highest BCUT2D eigenvalue weighted by atomic mass is 16.5. The number of hydrogen-bond donors (Lipinski definition) is 2. The lowest BCUT2D eigenvalue weighted by atomic mass is 9.78. The Bertz CT molecular complexity index is 636. The van der Waals surface area contributed by atoms with Crippen LogP contribution in [0.2, 0.25) is 0 Å². The molecule has 0 spiro atoms. The number of carbonyl (C=O) groups is 2. The number of anilines is 1. The van der Waals surface area contributed by atoms with Crippen molar-refractivity contribution in [3.63, 3.8) is 0 Å². The highest BCUT2D eigenvalue weighted by molar-refractivity contribution is 5.91. The first-order chi connectivity index (χ1) is 12.0. The quantitative estimate of drug-likeness (QED) is 0.830. The molecule has 0 heterocycles. The highest BCUT2D eigenvalue weighted by Crippen LogP contribution is 2.29. The summed E-state index contributed by atoms with van der Waals surface area (Å²) in [4.78, 5) is 23.8. The second-order valence-corrected chi connectivity index (χ2v) is 6.67. The van der Waals surface area contributed by atoms with E-state index in [0.717, 1.165) is 12.8 Å². The highest BCUT2D eigenvalue weighted by Gasteiger charge is 2.28. The predicted molar refractivity (Wildman–Crippen MR) is 94.7 cm³/mol. The average molecular weight is 343 g/mol. The van der Waals surface area contributed by atoms with E-state index in [0.29, 0.717) is 23.1 Å². The minimum absolute atomic E-state index is 0.127. The fraction of sp³-hybridized carbons (Fsp3) is 0.526. The van der Waals surface area contributed by atoms with E-state index in [1.54, 1.807) is 24.3 Å². The first kappa shape index (κ1) is 18.9. The maximum Gasteiger partial charge on any atom is 0.250 e. The molecule has 2 rings (SSSR count). The van der Waals surface area contributed by atoms with Gasteiger partial charge in [-0.2, -0.15) is 5.26 Å². The Morgan fingerprint density at radius 1 is 1.16 bits per heavy atom. The van der Waals surface area contributed by atoms with Crippen LogP contribution in [0.25, 0.3) is 0 Å². The lowest BCUT2D eigenvalue weighted by molar-refractivity contribution is -0.129. The van der Waals surface area contributed by atoms with Crippen LogP contribution in [0.3, 0.4) is 0 Å². The van der Waals surface area contributed by atoms with Crippen LogP contribution in [-0.4, -0.2) is 31.1 Å². The van der Waals surface area contributed by atoms with Gasteiger partial charge in [0.15, 0.2) is 0 Å². The smallest absolute Gasteiger partial charge is 0.250 e. The molecule has 1 fully saturated rings. The molecule has 134 valence electrons. The van der Waals surface area contributed by atoms with Crippen molar-refractivity contribution in [3.8, 4) is 6.07 Å². The average Bonchev–Trinajstić information content (AvgIpc) is 2.59. The third kappa shape index (κ3) is 5.87. The minimum Gasteiger partial charge on any atom is -0.362 e. The number of benzene rings is 1. The number of ether oxygens (including phenoxy) is 1. The molecular weight excluding hydrogens is 318 g/mol. The molecule has 2 amide bonds. The standard InChI is InChI=1S/C19H25N3O3/c1-13-4-3-5-17(14(13)2)22-19(24)12-25-11-18(23)21-16-8-6-15(10-20)7-9-16/h6-9,13-14,17H,3-5,11-12H2,1-2H3,(H,21,23)(H,22,24)/t13-,14-,17-/m1/s1. The van der Waals surface area contributed by atoms with E-state index in [1.807, 2.05) is 6.07 Å². The van der Waals surface area contributed by atoms with Gasteiger partial charge in [0, 0.05) is 11.7 Å². The van der Waals surface area contributed by atoms with Crippen molar-refractivity contribution < 1.29 is 14.3 Å². The van der Waals surface area contributed by atoms with E-state index in [-0.39, 0.29) is 31.1 Å². The number of nitrogens with zero attached hydrogens (tertiary/aromatic N) is 1. The summed E-state index contributed by atoms with van der Waals surface area (Å²) in [5, 5.41) is 14.4. The zero-order chi connectivity index (χ0) is 18.2. The maximum absolute atomic E-state index is 12.0. The van der Waals surface area contributed by atoms with Crippen molar-refractivity contribution in [2.45, 2.75) is 39.2 Å². The molecule has 1 aliphatic rings. The molecule has 0 aliphatic heterocycles. The fourth-order valence-electron chi connectivity index (χ4n) is 3.10. The molecule has 0 aromatic heterocycles. The molecule has 0 bridgehead atoms. The van der Waals surface area contributed by atoms with Gasteiger partial charge in [0.05, 0.1) is 11.6 Å². The molecule has 0 saturated heterocycles. The number of nitriles is 1. The Hall–Kier alpha value is -2.39. The molecule has 0 radical (unpaired) electrons. The number of hydrogen-bond acceptors (Lipinski definition) is 4. The lowest BCUT2D eigenvalue weighted by Gasteiger charge is -2.34. The predicted octanol–water partition coefficient (Wildman–Crippen LogP) is 2.45. The second kappa shape index (κ2) is 9.19. The zero-order valence-corrected chi connectivity index (χ0v) is 14.7. The van der Waals surface area contributed by atoms with Crippen LogP contribution in [0.4, 0.5) is 5.69 Å². The number of rotatable bonds is 6. The molecule has 3 atom stereocenters. The number of amides is 2. The summed E-state index contributed by atoms with van der Waals surface area (Å²) in [6.45, 7) is 4.07. The van der Waals surface area contributed by atoms with Crippen LogP contribution in [0.1, 0.15) is 38.7 Å². The summed E-state index contributed by atoms with van der Waals surface area (Å²) in [5.41, 5.74) is 1.11. The van der Waals surface area contributed by atoms with Gasteiger partial charge in [0.25, 0.3) is 0 Å². The minimum atomic E-state index is -0.336. The van der Waals surface area contributed by atoms with Crippen LogP contribution in [0.15, 0.2) is 24.3 Å². The van der Waals surface area contributed by atoms with Crippen LogP contribution in [0.5, 0.6) is 0 Å². The number of carbonyl (C=O) groups excluding carboxylic acids is 2. The van der Waals surface area contributed by atoms with Crippen molar-refractivity contribution in [3.05, 3.63) is 29.8 Å². The van der Waals surface area contributed by atoms with Gasteiger partial charge in [-0.05, 0) is 42.5 Å². The van der Waals surface area contributed by atoms with Gasteiger partial charge < -0.3 is 15.4 Å². The van der Waals surface area contributed by atoms with Crippen LogP contribution in [0, 0.1) is 23.2 Å². The normalized spacial score (nSPS) is 22.7. The summed E-state index contributed by atoms with van der Waals surface area (Å²) < 4.78 is 5.20. The van der Waals surface area contributed by atoms with Gasteiger partial charge in [-0.25, -0.2) is 0 Å². The van der Waals surface area contributed by atoms with E-state index in [9.17, 15) is 9.59 Å². The molecular formula is C19H25N3O3. The zero-order valence-electron chi connectivity index (χ0n) is 14.7. The van der Waals surface area contributed by atoms with E-state index < -0.39 is 0 Å². The largest absolute Gasteiger partial charge is 0.362 e. The van der Waals surface area contributed by atoms with Crippen LogP contribution < -0.4 is 10.6 Å². The molecule has 1 aliphatic carbocycles. The Morgan fingerprint density at radius 2 is 1.84 bits per heavy atom. The van der Waals surface area contributed by atoms with E-state index in [2.05, 4.69) is 24.5 Å². The molecule has 2 N–H and O–H groups in total. The van der Waals surface area contributed by atoms with Crippen molar-refractivity contribution in [2.75, 3.05) is 18.5 Å². The summed E-state index contributed by atoms with van der Waals surface area (Å²) in [6, 6.07) is 8.74. The topological polar surface area (TPSA) is 91.2 Å². The Labute approximate surface area is 148 Å². The number of nitrogens with one attached hydrogen (secondary N) is 2. The van der Waals surface area contributed by atoms with Crippen molar-refractivity contribution in [1.29, 1.82) is 5.26 Å². The van der Waals surface area contributed by atoms with Crippen LogP contribution in [-0.2, 0) is 14.3 Å². The fourth-order valence-corrected chi connectivity index (χ4v) is 3.10. The van der Waals surface area contributed by atoms with Crippen molar-refractivity contribution in [1.82, 2.24) is 5.32 Å². The van der Waals surface area contributed by atoms with Gasteiger partial charge in [-0.1, -0.05) is 26.7 Å². The van der Waals surface area contributed by atoms with Crippen molar-refractivity contribution >= 4 is 17.5 Å². The SMILES string of the molecule is C[C@@H]1[C@H](C)CCC[C@H]1NC(=O)COCC(=O)Nc1ccc(C#N)cc1. The molecule has 1 aromatic carbocycles. The summed E-state index contributed by atoms with van der Waals surface area (Å²) in [5.74, 6) is 0.546. The molecule has 6 heteroatoms. The first-order valence-electron chi connectivity index (χ1n) is 8.66. The van der Waals surface area contributed by atoms with Gasteiger partial charge >= 0.3 is 0 Å². The van der Waals surface area contributed by atoms with Gasteiger partial charge in [-0.3, -0.25) is 9.59 Å². The summed E-state index contributed by atoms with van der Waals surface area (Å²) >= 11 is 0. The molecule has 25 heavy (non-hydrogen) atoms. The lowest BCUT2D eigenvalue weighted by Crippen LogP contribution is -2.45. The Balaban J connectivity index is 1.68. The first-order valence-corrected chi connectivity index (χ1v) is 8.66. The third-order valence-electron chi connectivity index (χ3n) is 4.82. The second-order valence-electron chi connectivity index (χ2n) is 6.67. The van der Waals surface area contributed by atoms with Gasteiger partial charge in [0.1, 0.15) is 13.2 Å². The summed E-state index contributed by atoms with van der Waals surface area (Å²) in [7, 11) is 0. The molecule has 1 saturated carbocycles.